The highest BCUT2D eigenvalue weighted by molar-refractivity contribution is 6.05. The molecule has 4 rings (SSSR count). The largest absolute Gasteiger partial charge is 0.452 e. The van der Waals surface area contributed by atoms with Crippen LogP contribution in [0.2, 0.25) is 0 Å². The number of carbonyl (C=O) groups excluding carboxylic acids is 2. The first-order valence-corrected chi connectivity index (χ1v) is 10.5. The Balaban J connectivity index is 1.60. The van der Waals surface area contributed by atoms with Crippen LogP contribution in [0.5, 0.6) is 0 Å². The van der Waals surface area contributed by atoms with Crippen LogP contribution < -0.4 is 0 Å². The predicted molar refractivity (Wildman–Crippen MR) is 108 cm³/mol. The zero-order valence-corrected chi connectivity index (χ0v) is 16.6. The van der Waals surface area contributed by atoms with Crippen LogP contribution >= 0.6 is 0 Å². The van der Waals surface area contributed by atoms with Crippen LogP contribution in [0, 0.1) is 0 Å². The zero-order chi connectivity index (χ0) is 19.5. The Morgan fingerprint density at radius 1 is 1.11 bits per heavy atom. The van der Waals surface area contributed by atoms with Gasteiger partial charge in [0.05, 0.1) is 11.1 Å². The number of benzene rings is 1. The second-order valence-corrected chi connectivity index (χ2v) is 8.00. The molecule has 2 aliphatic rings. The van der Waals surface area contributed by atoms with Crippen LogP contribution in [-0.2, 0) is 22.4 Å². The Morgan fingerprint density at radius 2 is 1.93 bits per heavy atom. The van der Waals surface area contributed by atoms with Gasteiger partial charge >= 0.3 is 5.97 Å². The molecule has 5 nitrogen and oxygen atoms in total. The van der Waals surface area contributed by atoms with Gasteiger partial charge in [-0.3, -0.25) is 9.78 Å². The van der Waals surface area contributed by atoms with E-state index >= 15 is 0 Å². The molecule has 1 aromatic heterocycles. The van der Waals surface area contributed by atoms with E-state index in [1.54, 1.807) is 0 Å². The summed E-state index contributed by atoms with van der Waals surface area (Å²) < 4.78 is 5.55. The van der Waals surface area contributed by atoms with E-state index in [-0.39, 0.29) is 18.6 Å². The van der Waals surface area contributed by atoms with Gasteiger partial charge in [0.25, 0.3) is 5.91 Å². The van der Waals surface area contributed by atoms with Gasteiger partial charge in [-0.05, 0) is 63.5 Å². The van der Waals surface area contributed by atoms with Crippen LogP contribution in [0.4, 0.5) is 0 Å². The smallest absolute Gasteiger partial charge is 0.339 e. The van der Waals surface area contributed by atoms with E-state index in [9.17, 15) is 9.59 Å². The fourth-order valence-electron chi connectivity index (χ4n) is 4.53. The van der Waals surface area contributed by atoms with Crippen LogP contribution in [0.1, 0.15) is 67.1 Å². The number of likely N-dealkylation sites (tertiary alicyclic amines) is 1. The number of aromatic nitrogens is 1. The fourth-order valence-corrected chi connectivity index (χ4v) is 4.53. The van der Waals surface area contributed by atoms with Crippen molar-refractivity contribution in [1.29, 1.82) is 0 Å². The lowest BCUT2D eigenvalue weighted by Crippen LogP contribution is -2.44. The van der Waals surface area contributed by atoms with Crippen molar-refractivity contribution in [1.82, 2.24) is 9.88 Å². The highest BCUT2D eigenvalue weighted by atomic mass is 16.5. The topological polar surface area (TPSA) is 59.5 Å². The number of amides is 1. The molecule has 1 fully saturated rings. The van der Waals surface area contributed by atoms with E-state index in [1.165, 1.54) is 0 Å². The summed E-state index contributed by atoms with van der Waals surface area (Å²) >= 11 is 0. The summed E-state index contributed by atoms with van der Waals surface area (Å²) in [5, 5.41) is 0.826. The van der Waals surface area contributed by atoms with E-state index in [1.807, 2.05) is 29.2 Å². The number of carbonyl (C=O) groups is 2. The highest BCUT2D eigenvalue weighted by Gasteiger charge is 2.26. The summed E-state index contributed by atoms with van der Waals surface area (Å²) in [5.41, 5.74) is 3.46. The van der Waals surface area contributed by atoms with Gasteiger partial charge in [0.1, 0.15) is 0 Å². The second kappa shape index (κ2) is 8.29. The minimum absolute atomic E-state index is 0.0926. The first-order valence-electron chi connectivity index (χ1n) is 10.5. The quantitative estimate of drug-likeness (QED) is 0.595. The number of esters is 1. The molecule has 148 valence electrons. The molecule has 5 heteroatoms. The molecular weight excluding hydrogens is 352 g/mol. The molecule has 0 saturated carbocycles. The van der Waals surface area contributed by atoms with E-state index in [4.69, 9.17) is 9.72 Å². The van der Waals surface area contributed by atoms with Gasteiger partial charge in [-0.2, -0.15) is 0 Å². The summed E-state index contributed by atoms with van der Waals surface area (Å²) in [6.45, 7) is 2.63. The normalized spacial score (nSPS) is 19.8. The van der Waals surface area contributed by atoms with Gasteiger partial charge in [-0.1, -0.05) is 24.6 Å². The zero-order valence-electron chi connectivity index (χ0n) is 16.6. The van der Waals surface area contributed by atoms with E-state index in [2.05, 4.69) is 6.92 Å². The van der Waals surface area contributed by atoms with Crippen molar-refractivity contribution in [2.45, 2.75) is 64.3 Å². The Bertz CT molecular complexity index is 893. The number of ether oxygens (including phenoxy) is 1. The molecular formula is C23H28N2O3. The molecule has 28 heavy (non-hydrogen) atoms. The Hall–Kier alpha value is -2.43. The highest BCUT2D eigenvalue weighted by Crippen LogP contribution is 2.29. The third-order valence-corrected chi connectivity index (χ3v) is 6.07. The maximum atomic E-state index is 13.1. The van der Waals surface area contributed by atoms with Crippen LogP contribution in [0.25, 0.3) is 10.9 Å². The maximum absolute atomic E-state index is 13.1. The number of nitrogens with zero attached hydrogens (tertiary/aromatic N) is 2. The third-order valence-electron chi connectivity index (χ3n) is 6.07. The standard InChI is InChI=1S/C23H28N2O3/c1-16-9-7-8-14-25(16)21(26)15-28-23(27)22-17-10-3-2-4-12-19(17)24-20-13-6-5-11-18(20)22/h5-6,11,13,16H,2-4,7-10,12,14-15H2,1H3/t16-/m0/s1. The molecule has 1 saturated heterocycles. The molecule has 0 N–H and O–H groups in total. The fraction of sp³-hybridized carbons (Fsp3) is 0.522. The van der Waals surface area contributed by atoms with Gasteiger partial charge in [0, 0.05) is 23.7 Å². The number of pyridine rings is 1. The molecule has 1 aliphatic carbocycles. The van der Waals surface area contributed by atoms with Crippen LogP contribution in [0.15, 0.2) is 24.3 Å². The lowest BCUT2D eigenvalue weighted by molar-refractivity contribution is -0.137. The van der Waals surface area contributed by atoms with Gasteiger partial charge < -0.3 is 9.64 Å². The molecule has 1 aromatic carbocycles. The van der Waals surface area contributed by atoms with Crippen molar-refractivity contribution in [2.24, 2.45) is 0 Å². The monoisotopic (exact) mass is 380 g/mol. The van der Waals surface area contributed by atoms with Crippen LogP contribution in [-0.4, -0.2) is 41.0 Å². The SMILES string of the molecule is C[C@H]1CCCCN1C(=O)COC(=O)c1c2c(nc3ccccc13)CCCCC2. The number of aryl methyl sites for hydroxylation is 1. The van der Waals surface area contributed by atoms with Crippen molar-refractivity contribution >= 4 is 22.8 Å². The van der Waals surface area contributed by atoms with E-state index in [0.29, 0.717) is 5.56 Å². The average Bonchev–Trinajstić information content (AvgIpc) is 2.95. The minimum atomic E-state index is -0.394. The number of rotatable bonds is 3. The number of para-hydroxylation sites is 1. The molecule has 1 atom stereocenters. The van der Waals surface area contributed by atoms with Gasteiger partial charge in [0.2, 0.25) is 0 Å². The summed E-state index contributed by atoms with van der Waals surface area (Å²) in [6.07, 6.45) is 8.22. The number of hydrogen-bond donors (Lipinski definition) is 0. The van der Waals surface area contributed by atoms with E-state index in [0.717, 1.165) is 80.1 Å². The summed E-state index contributed by atoms with van der Waals surface area (Å²) in [6, 6.07) is 7.95. The predicted octanol–water partition coefficient (Wildman–Crippen LogP) is 4.06. The second-order valence-electron chi connectivity index (χ2n) is 8.00. The number of piperidine rings is 1. The molecule has 1 amide bonds. The van der Waals surface area contributed by atoms with Crippen molar-refractivity contribution in [3.05, 3.63) is 41.1 Å². The Morgan fingerprint density at radius 3 is 2.79 bits per heavy atom. The summed E-state index contributed by atoms with van der Waals surface area (Å²) in [7, 11) is 0. The Kier molecular flexibility index (Phi) is 5.60. The number of fused-ring (bicyclic) bond motifs is 2. The average molecular weight is 380 g/mol. The van der Waals surface area contributed by atoms with E-state index < -0.39 is 5.97 Å². The maximum Gasteiger partial charge on any atom is 0.339 e. The van der Waals surface area contributed by atoms with Crippen molar-refractivity contribution in [3.8, 4) is 0 Å². The van der Waals surface area contributed by atoms with Crippen LogP contribution in [0.3, 0.4) is 0 Å². The number of hydrogen-bond acceptors (Lipinski definition) is 4. The molecule has 1 aliphatic heterocycles. The lowest BCUT2D eigenvalue weighted by atomic mass is 9.97. The van der Waals surface area contributed by atoms with Gasteiger partial charge in [-0.25, -0.2) is 4.79 Å². The van der Waals surface area contributed by atoms with Crippen molar-refractivity contribution in [3.63, 3.8) is 0 Å². The molecule has 0 bridgehead atoms. The van der Waals surface area contributed by atoms with Crippen molar-refractivity contribution in [2.75, 3.05) is 13.2 Å². The molecule has 0 unspecified atom stereocenters. The van der Waals surface area contributed by atoms with Crippen molar-refractivity contribution < 1.29 is 14.3 Å². The minimum Gasteiger partial charge on any atom is -0.452 e. The first kappa shape index (κ1) is 18.9. The summed E-state index contributed by atoms with van der Waals surface area (Å²) in [5.74, 6) is -0.486. The van der Waals surface area contributed by atoms with Gasteiger partial charge in [-0.15, -0.1) is 0 Å². The molecule has 0 radical (unpaired) electrons. The van der Waals surface area contributed by atoms with Gasteiger partial charge in [0.15, 0.2) is 6.61 Å². The third kappa shape index (κ3) is 3.75. The molecule has 0 spiro atoms. The first-order chi connectivity index (χ1) is 13.6. The Labute approximate surface area is 166 Å². The molecule has 2 aromatic rings. The summed E-state index contributed by atoms with van der Waals surface area (Å²) in [4.78, 5) is 32.3. The molecule has 2 heterocycles. The lowest BCUT2D eigenvalue weighted by Gasteiger charge is -2.33.